The van der Waals surface area contributed by atoms with Crippen molar-refractivity contribution in [2.45, 2.75) is 25.4 Å². The predicted octanol–water partition coefficient (Wildman–Crippen LogP) is 3.07. The number of benzene rings is 1. The number of piperidine rings is 1. The third kappa shape index (κ3) is 5.40. The number of aliphatic imine (C=N–C) groups is 1. The van der Waals surface area contributed by atoms with Gasteiger partial charge in [0.25, 0.3) is 0 Å². The maximum absolute atomic E-state index is 6.14. The summed E-state index contributed by atoms with van der Waals surface area (Å²) in [6.45, 7) is 8.46. The summed E-state index contributed by atoms with van der Waals surface area (Å²) in [5.74, 6) is 1.57. The Morgan fingerprint density at radius 2 is 2.03 bits per heavy atom. The van der Waals surface area contributed by atoms with E-state index in [-0.39, 0.29) is 6.04 Å². The summed E-state index contributed by atoms with van der Waals surface area (Å²) >= 11 is 6.14. The Morgan fingerprint density at radius 1 is 1.26 bits per heavy atom. The van der Waals surface area contributed by atoms with E-state index in [4.69, 9.17) is 16.3 Å². The van der Waals surface area contributed by atoms with Crippen LogP contribution in [0.1, 0.15) is 31.0 Å². The number of likely N-dealkylation sites (tertiary alicyclic amines) is 1. The van der Waals surface area contributed by atoms with Crippen LogP contribution in [0.4, 0.5) is 0 Å². The molecule has 0 amide bonds. The van der Waals surface area contributed by atoms with Crippen molar-refractivity contribution in [1.82, 2.24) is 24.7 Å². The monoisotopic (exact) mass is 444 g/mol. The highest BCUT2D eigenvalue weighted by Gasteiger charge is 2.30. The minimum Gasteiger partial charge on any atom is -0.379 e. The topological polar surface area (TPSA) is 57.9 Å². The molecule has 2 aliphatic heterocycles. The van der Waals surface area contributed by atoms with Crippen LogP contribution in [-0.2, 0) is 4.74 Å². The molecule has 4 rings (SSSR count). The lowest BCUT2D eigenvalue weighted by Crippen LogP contribution is -2.51. The Labute approximate surface area is 190 Å². The van der Waals surface area contributed by atoms with Crippen molar-refractivity contribution in [2.24, 2.45) is 10.9 Å². The van der Waals surface area contributed by atoms with Gasteiger partial charge in [0.2, 0.25) is 0 Å². The van der Waals surface area contributed by atoms with Crippen LogP contribution in [0.2, 0.25) is 5.02 Å². The molecule has 0 saturated carbocycles. The molecule has 2 aromatic rings. The molecule has 1 N–H and O–H groups in total. The van der Waals surface area contributed by atoms with Gasteiger partial charge in [-0.2, -0.15) is 0 Å². The second kappa shape index (κ2) is 10.5. The number of nitrogens with zero attached hydrogens (tertiary/aromatic N) is 5. The molecule has 1 aromatic carbocycles. The van der Waals surface area contributed by atoms with Gasteiger partial charge in [-0.3, -0.25) is 9.89 Å². The van der Waals surface area contributed by atoms with E-state index in [1.807, 2.05) is 31.7 Å². The van der Waals surface area contributed by atoms with Crippen molar-refractivity contribution in [1.29, 1.82) is 0 Å². The van der Waals surface area contributed by atoms with Gasteiger partial charge in [0.1, 0.15) is 0 Å². The van der Waals surface area contributed by atoms with Crippen LogP contribution in [-0.4, -0.2) is 78.3 Å². The Bertz CT molecular complexity index is 834. The quantitative estimate of drug-likeness (QED) is 0.567. The highest BCUT2D eigenvalue weighted by molar-refractivity contribution is 6.30. The van der Waals surface area contributed by atoms with Gasteiger partial charge < -0.3 is 19.5 Å². The second-order valence-electron chi connectivity index (χ2n) is 8.43. The molecule has 2 saturated heterocycles. The minimum absolute atomic E-state index is 0.242. The molecule has 168 valence electrons. The van der Waals surface area contributed by atoms with Crippen LogP contribution in [0, 0.1) is 5.92 Å². The highest BCUT2D eigenvalue weighted by Crippen LogP contribution is 2.28. The number of halogens is 1. The first-order chi connectivity index (χ1) is 15.2. The Kier molecular flexibility index (Phi) is 7.48. The fourth-order valence-corrected chi connectivity index (χ4v) is 4.77. The van der Waals surface area contributed by atoms with Crippen molar-refractivity contribution in [3.05, 3.63) is 53.6 Å². The van der Waals surface area contributed by atoms with E-state index in [1.165, 1.54) is 5.56 Å². The zero-order chi connectivity index (χ0) is 21.6. The molecule has 1 aromatic heterocycles. The molecule has 31 heavy (non-hydrogen) atoms. The van der Waals surface area contributed by atoms with Gasteiger partial charge >= 0.3 is 0 Å². The highest BCUT2D eigenvalue weighted by atomic mass is 35.5. The van der Waals surface area contributed by atoms with Gasteiger partial charge in [0.05, 0.1) is 31.6 Å². The van der Waals surface area contributed by atoms with E-state index >= 15 is 0 Å². The summed E-state index contributed by atoms with van der Waals surface area (Å²) in [6, 6.07) is 8.85. The number of hydrogen-bond donors (Lipinski definition) is 1. The number of aromatic nitrogens is 2. The van der Waals surface area contributed by atoms with Crippen molar-refractivity contribution < 1.29 is 4.74 Å². The predicted molar refractivity (Wildman–Crippen MR) is 125 cm³/mol. The first-order valence-corrected chi connectivity index (χ1v) is 11.5. The molecule has 0 radical (unpaired) electrons. The fourth-order valence-electron chi connectivity index (χ4n) is 4.65. The Morgan fingerprint density at radius 3 is 2.71 bits per heavy atom. The van der Waals surface area contributed by atoms with Crippen molar-refractivity contribution in [3.8, 4) is 0 Å². The maximum atomic E-state index is 6.14. The lowest BCUT2D eigenvalue weighted by Gasteiger charge is -2.40. The molecular formula is C23H33ClN6O. The first-order valence-electron chi connectivity index (χ1n) is 11.2. The van der Waals surface area contributed by atoms with E-state index in [2.05, 4.69) is 54.9 Å². The molecule has 3 atom stereocenters. The molecule has 8 heteroatoms. The molecule has 0 bridgehead atoms. The smallest absolute Gasteiger partial charge is 0.193 e. The minimum atomic E-state index is 0.242. The van der Waals surface area contributed by atoms with Gasteiger partial charge in [-0.1, -0.05) is 30.7 Å². The van der Waals surface area contributed by atoms with Crippen LogP contribution < -0.4 is 5.32 Å². The Balaban J connectivity index is 1.45. The number of morpholine rings is 1. The molecular weight excluding hydrogens is 412 g/mol. The van der Waals surface area contributed by atoms with Crippen LogP contribution in [0.25, 0.3) is 0 Å². The van der Waals surface area contributed by atoms with E-state index < -0.39 is 0 Å². The molecule has 0 spiro atoms. The fraction of sp³-hybridized carbons (Fsp3) is 0.565. The van der Waals surface area contributed by atoms with Crippen LogP contribution in [0.15, 0.2) is 48.0 Å². The standard InChI is InChI=1S/C23H33ClN6O/c1-18-7-9-29(16-22(18)30-10-8-26-17-30)23(25-2)27-15-21(28-11-13-31-14-12-28)19-3-5-20(24)6-4-19/h3-6,8,10,17-18,21-22H,7,9,11-16H2,1-2H3,(H,25,27). The third-order valence-electron chi connectivity index (χ3n) is 6.53. The molecule has 2 aliphatic rings. The summed E-state index contributed by atoms with van der Waals surface area (Å²) in [4.78, 5) is 13.7. The lowest BCUT2D eigenvalue weighted by molar-refractivity contribution is 0.0168. The lowest BCUT2D eigenvalue weighted by atomic mass is 9.93. The van der Waals surface area contributed by atoms with Crippen molar-refractivity contribution in [3.63, 3.8) is 0 Å². The maximum Gasteiger partial charge on any atom is 0.193 e. The average molecular weight is 445 g/mol. The summed E-state index contributed by atoms with van der Waals surface area (Å²) < 4.78 is 7.81. The average Bonchev–Trinajstić information content (AvgIpc) is 3.34. The number of guanidine groups is 1. The van der Waals surface area contributed by atoms with Gasteiger partial charge in [-0.05, 0) is 30.0 Å². The molecule has 7 nitrogen and oxygen atoms in total. The van der Waals surface area contributed by atoms with Gasteiger partial charge in [-0.25, -0.2) is 4.98 Å². The molecule has 2 fully saturated rings. The zero-order valence-electron chi connectivity index (χ0n) is 18.5. The summed E-state index contributed by atoms with van der Waals surface area (Å²) in [5, 5.41) is 4.43. The van der Waals surface area contributed by atoms with Gasteiger partial charge in [0.15, 0.2) is 5.96 Å². The zero-order valence-corrected chi connectivity index (χ0v) is 19.2. The number of rotatable bonds is 5. The SMILES string of the molecule is CN=C(NCC(c1ccc(Cl)cc1)N1CCOCC1)N1CCC(C)C(n2ccnc2)C1. The molecule has 3 heterocycles. The van der Waals surface area contributed by atoms with Gasteiger partial charge in [-0.15, -0.1) is 0 Å². The Hall–Kier alpha value is -2.09. The summed E-state index contributed by atoms with van der Waals surface area (Å²) in [7, 11) is 1.87. The van der Waals surface area contributed by atoms with Crippen LogP contribution in [0.3, 0.4) is 0 Å². The number of hydrogen-bond acceptors (Lipinski definition) is 4. The largest absolute Gasteiger partial charge is 0.379 e. The number of imidazole rings is 1. The van der Waals surface area contributed by atoms with E-state index in [0.717, 1.165) is 63.3 Å². The second-order valence-corrected chi connectivity index (χ2v) is 8.87. The van der Waals surface area contributed by atoms with Gasteiger partial charge in [0, 0.05) is 57.2 Å². The summed E-state index contributed by atoms with van der Waals surface area (Å²) in [6.07, 6.45) is 6.98. The number of ether oxygens (including phenoxy) is 1. The van der Waals surface area contributed by atoms with Crippen molar-refractivity contribution in [2.75, 3.05) is 53.0 Å². The van der Waals surface area contributed by atoms with Crippen LogP contribution in [0.5, 0.6) is 0 Å². The van der Waals surface area contributed by atoms with E-state index in [9.17, 15) is 0 Å². The third-order valence-corrected chi connectivity index (χ3v) is 6.78. The van der Waals surface area contributed by atoms with E-state index in [1.54, 1.807) is 0 Å². The normalized spacial score (nSPS) is 24.2. The first kappa shape index (κ1) is 22.1. The molecule has 0 aliphatic carbocycles. The van der Waals surface area contributed by atoms with Crippen molar-refractivity contribution >= 4 is 17.6 Å². The van der Waals surface area contributed by atoms with E-state index in [0.29, 0.717) is 12.0 Å². The summed E-state index contributed by atoms with van der Waals surface area (Å²) in [5.41, 5.74) is 1.26. The number of nitrogens with one attached hydrogen (secondary N) is 1. The van der Waals surface area contributed by atoms with Crippen LogP contribution >= 0.6 is 11.6 Å². The molecule has 3 unspecified atom stereocenters.